The van der Waals surface area contributed by atoms with Crippen molar-refractivity contribution in [1.29, 1.82) is 0 Å². The minimum atomic E-state index is -0.941. The summed E-state index contributed by atoms with van der Waals surface area (Å²) in [5, 5.41) is 13.1. The summed E-state index contributed by atoms with van der Waals surface area (Å²) in [5.74, 6) is -0.941. The molecule has 1 amide bonds. The molecular weight excluding hydrogens is 353 g/mol. The number of nitrogens with one attached hydrogen (secondary N) is 1. The zero-order valence-corrected chi connectivity index (χ0v) is 18.7. The zero-order chi connectivity index (χ0) is 18.9. The van der Waals surface area contributed by atoms with E-state index in [2.05, 4.69) is 5.32 Å². The maximum absolute atomic E-state index is 11.6. The van der Waals surface area contributed by atoms with Crippen molar-refractivity contribution in [3.05, 3.63) is 35.9 Å². The summed E-state index contributed by atoms with van der Waals surface area (Å²) in [6, 6.07) is 9.65. The minimum Gasteiger partial charge on any atom is -0.550 e. The van der Waals surface area contributed by atoms with E-state index in [0.29, 0.717) is 13.2 Å². The monoisotopic (exact) mass is 385 g/mol. The van der Waals surface area contributed by atoms with Gasteiger partial charge < -0.3 is 20.0 Å². The maximum Gasteiger partial charge on any atom is 1.00 e. The number of carboxylic acids is 1. The van der Waals surface area contributed by atoms with Crippen molar-refractivity contribution in [3.8, 4) is 0 Å². The fourth-order valence-electron chi connectivity index (χ4n) is 2.77. The van der Waals surface area contributed by atoms with Crippen molar-refractivity contribution in [2.45, 2.75) is 77.2 Å². The second kappa shape index (κ2) is 18.3. The minimum absolute atomic E-state index is 0. The second-order valence-electron chi connectivity index (χ2n) is 6.65. The molecule has 0 aliphatic heterocycles. The van der Waals surface area contributed by atoms with Crippen LogP contribution in [0.2, 0.25) is 0 Å². The number of hydrogen-bond donors (Lipinski definition) is 1. The van der Waals surface area contributed by atoms with Gasteiger partial charge in [0, 0.05) is 12.5 Å². The van der Waals surface area contributed by atoms with Gasteiger partial charge in [-0.2, -0.15) is 0 Å². The number of amides is 1. The van der Waals surface area contributed by atoms with E-state index >= 15 is 0 Å². The molecule has 1 aromatic rings. The third-order valence-electron chi connectivity index (χ3n) is 4.29. The van der Waals surface area contributed by atoms with E-state index in [1.807, 2.05) is 30.3 Å². The summed E-state index contributed by atoms with van der Waals surface area (Å²) in [4.78, 5) is 21.8. The first-order valence-electron chi connectivity index (χ1n) is 9.83. The van der Waals surface area contributed by atoms with Crippen LogP contribution in [0.1, 0.15) is 76.2 Å². The molecule has 0 saturated heterocycles. The average Bonchev–Trinajstić information content (AvgIpc) is 2.64. The van der Waals surface area contributed by atoms with Gasteiger partial charge in [-0.25, -0.2) is 4.79 Å². The van der Waals surface area contributed by atoms with Gasteiger partial charge in [0.25, 0.3) is 0 Å². The Hall–Kier alpha value is -1.04. The van der Waals surface area contributed by atoms with Crippen LogP contribution in [0.25, 0.3) is 0 Å². The second-order valence-corrected chi connectivity index (χ2v) is 6.65. The Bertz CT molecular complexity index is 496. The first-order chi connectivity index (χ1) is 12.7. The van der Waals surface area contributed by atoms with Crippen LogP contribution in [0.5, 0.6) is 0 Å². The number of rotatable bonds is 15. The van der Waals surface area contributed by atoms with Crippen molar-refractivity contribution in [2.24, 2.45) is 0 Å². The third-order valence-corrected chi connectivity index (χ3v) is 4.29. The summed E-state index contributed by atoms with van der Waals surface area (Å²) in [6.07, 6.45) is 10.8. The van der Waals surface area contributed by atoms with Gasteiger partial charge in [-0.1, -0.05) is 81.7 Å². The molecule has 0 heterocycles. The Morgan fingerprint density at radius 1 is 0.815 bits per heavy atom. The van der Waals surface area contributed by atoms with Gasteiger partial charge in [-0.15, -0.1) is 0 Å². The van der Waals surface area contributed by atoms with Gasteiger partial charge in [-0.05, 0) is 24.8 Å². The smallest absolute Gasteiger partial charge is 0.550 e. The van der Waals surface area contributed by atoms with Crippen LogP contribution < -0.4 is 40.0 Å². The molecule has 27 heavy (non-hydrogen) atoms. The van der Waals surface area contributed by atoms with Crippen LogP contribution in [0.15, 0.2) is 30.3 Å². The first kappa shape index (κ1) is 26.0. The fraction of sp³-hybridized carbons (Fsp3) is 0.619. The molecule has 0 aliphatic carbocycles. The van der Waals surface area contributed by atoms with Crippen LogP contribution in [0.4, 0.5) is 4.79 Å². The number of unbranched alkanes of at least 4 members (excludes halogenated alkanes) is 9. The molecule has 1 aromatic carbocycles. The van der Waals surface area contributed by atoms with Crippen LogP contribution >= 0.6 is 0 Å². The van der Waals surface area contributed by atoms with E-state index < -0.39 is 5.97 Å². The third kappa shape index (κ3) is 16.8. The molecule has 1 rings (SSSR count). The number of aliphatic carboxylic acids is 1. The molecule has 0 fully saturated rings. The Balaban J connectivity index is 0.00000676. The largest absolute Gasteiger partial charge is 1.00 e. The first-order valence-corrected chi connectivity index (χ1v) is 9.83. The van der Waals surface area contributed by atoms with Crippen LogP contribution in [0, 0.1) is 0 Å². The standard InChI is InChI=1S/C21H33NO4.Na/c23-20(24)16-12-7-5-3-1-2-4-6-8-13-17-22-21(25)26-18-19-14-10-9-11-15-19;/h9-11,14-15H,1-8,12-13,16-18H2,(H,22,25)(H,23,24);/q;+1/p-1. The van der Waals surface area contributed by atoms with Crippen LogP contribution in [0.3, 0.4) is 0 Å². The maximum atomic E-state index is 11.6. The van der Waals surface area contributed by atoms with Gasteiger partial charge in [0.2, 0.25) is 0 Å². The SMILES string of the molecule is O=C([O-])CCCCCCCCCCCCNC(=O)OCc1ccccc1.[Na+]. The molecule has 0 bridgehead atoms. The molecule has 1 N–H and O–H groups in total. The quantitative estimate of drug-likeness (QED) is 0.360. The number of hydrogen-bond acceptors (Lipinski definition) is 4. The van der Waals surface area contributed by atoms with Gasteiger partial charge in [0.05, 0.1) is 0 Å². The summed E-state index contributed by atoms with van der Waals surface area (Å²) in [7, 11) is 0. The van der Waals surface area contributed by atoms with E-state index in [1.165, 1.54) is 32.1 Å². The molecule has 0 aromatic heterocycles. The van der Waals surface area contributed by atoms with Crippen LogP contribution in [-0.2, 0) is 16.1 Å². The molecule has 0 atom stereocenters. The van der Waals surface area contributed by atoms with Crippen molar-refractivity contribution in [3.63, 3.8) is 0 Å². The van der Waals surface area contributed by atoms with Gasteiger partial charge in [-0.3, -0.25) is 0 Å². The number of ether oxygens (including phenoxy) is 1. The molecule has 0 radical (unpaired) electrons. The van der Waals surface area contributed by atoms with Crippen molar-refractivity contribution in [1.82, 2.24) is 5.32 Å². The molecule has 0 unspecified atom stereocenters. The van der Waals surface area contributed by atoms with E-state index in [0.717, 1.165) is 37.7 Å². The summed E-state index contributed by atoms with van der Waals surface area (Å²) in [5.41, 5.74) is 0.988. The van der Waals surface area contributed by atoms with Crippen molar-refractivity contribution in [2.75, 3.05) is 6.54 Å². The molecule has 0 aliphatic rings. The van der Waals surface area contributed by atoms with Crippen molar-refractivity contribution >= 4 is 12.1 Å². The number of carbonyl (C=O) groups excluding carboxylic acids is 2. The van der Waals surface area contributed by atoms with Gasteiger partial charge in [0.1, 0.15) is 6.61 Å². The molecule has 0 spiro atoms. The van der Waals surface area contributed by atoms with Crippen molar-refractivity contribution < 1.29 is 49.0 Å². The van der Waals surface area contributed by atoms with E-state index in [4.69, 9.17) is 4.74 Å². The van der Waals surface area contributed by atoms with E-state index in [9.17, 15) is 14.7 Å². The number of carboxylic acid groups (broad SMARTS) is 1. The average molecular weight is 385 g/mol. The Morgan fingerprint density at radius 2 is 1.33 bits per heavy atom. The van der Waals surface area contributed by atoms with Gasteiger partial charge in [0.15, 0.2) is 0 Å². The Morgan fingerprint density at radius 3 is 1.89 bits per heavy atom. The Kier molecular flexibility index (Phi) is 17.6. The number of alkyl carbamates (subject to hydrolysis) is 1. The fourth-order valence-corrected chi connectivity index (χ4v) is 2.77. The number of benzene rings is 1. The molecular formula is C21H32NNaO4. The Labute approximate surface area is 185 Å². The predicted molar refractivity (Wildman–Crippen MR) is 100 cm³/mol. The van der Waals surface area contributed by atoms with Crippen LogP contribution in [-0.4, -0.2) is 18.6 Å². The topological polar surface area (TPSA) is 78.5 Å². The molecule has 5 nitrogen and oxygen atoms in total. The van der Waals surface area contributed by atoms with E-state index in [1.54, 1.807) is 0 Å². The predicted octanol–water partition coefficient (Wildman–Crippen LogP) is 0.958. The summed E-state index contributed by atoms with van der Waals surface area (Å²) < 4.78 is 5.16. The summed E-state index contributed by atoms with van der Waals surface area (Å²) in [6.45, 7) is 0.964. The molecule has 0 saturated carbocycles. The summed E-state index contributed by atoms with van der Waals surface area (Å²) >= 11 is 0. The van der Waals surface area contributed by atoms with E-state index in [-0.39, 0.29) is 42.1 Å². The van der Waals surface area contributed by atoms with Gasteiger partial charge >= 0.3 is 35.7 Å². The molecule has 6 heteroatoms. The zero-order valence-electron chi connectivity index (χ0n) is 16.7. The normalized spacial score (nSPS) is 10.1. The molecule has 146 valence electrons. The number of carbonyl (C=O) groups is 2.